The molecule has 36 heavy (non-hydrogen) atoms. The number of hydrogen-bond donors (Lipinski definition) is 3. The average Bonchev–Trinajstić information content (AvgIpc) is 3.29. The summed E-state index contributed by atoms with van der Waals surface area (Å²) < 4.78 is 64.9. The maximum absolute atomic E-state index is 12.8. The first-order valence-electron chi connectivity index (χ1n) is 11.8. The quantitative estimate of drug-likeness (QED) is 0.388. The van der Waals surface area contributed by atoms with E-state index in [4.69, 9.17) is 9.47 Å². The van der Waals surface area contributed by atoms with Crippen LogP contribution in [-0.2, 0) is 24.8 Å². The third kappa shape index (κ3) is 6.22. The summed E-state index contributed by atoms with van der Waals surface area (Å²) in [5.41, 5.74) is -0.380. The second-order valence-electron chi connectivity index (χ2n) is 9.02. The summed E-state index contributed by atoms with van der Waals surface area (Å²) in [4.78, 5) is 4.07. The summed E-state index contributed by atoms with van der Waals surface area (Å²) in [5, 5.41) is 13.7. The molecule has 1 aromatic heterocycles. The highest BCUT2D eigenvalue weighted by molar-refractivity contribution is 7.89. The van der Waals surface area contributed by atoms with Crippen LogP contribution in [0.4, 0.5) is 0 Å². The number of benzene rings is 1. The molecule has 0 saturated carbocycles. The van der Waals surface area contributed by atoms with E-state index in [1.54, 1.807) is 24.3 Å². The highest BCUT2D eigenvalue weighted by Crippen LogP contribution is 2.37. The van der Waals surface area contributed by atoms with Crippen molar-refractivity contribution in [2.24, 2.45) is 0 Å². The summed E-state index contributed by atoms with van der Waals surface area (Å²) in [6.07, 6.45) is 2.57. The number of nitrogens with one attached hydrogen (secondary N) is 2. The van der Waals surface area contributed by atoms with Crippen molar-refractivity contribution >= 4 is 20.0 Å². The molecule has 2 aromatic rings. The van der Waals surface area contributed by atoms with Gasteiger partial charge in [-0.1, -0.05) is 12.1 Å². The molecule has 0 aliphatic carbocycles. The van der Waals surface area contributed by atoms with Crippen LogP contribution in [0.1, 0.15) is 19.3 Å². The molecule has 2 saturated heterocycles. The highest BCUT2D eigenvalue weighted by Gasteiger charge is 2.44. The second-order valence-corrected chi connectivity index (χ2v) is 12.8. The fraction of sp³-hybridized carbons (Fsp3) is 0.522. The molecule has 2 aliphatic rings. The van der Waals surface area contributed by atoms with E-state index in [1.807, 2.05) is 0 Å². The SMILES string of the molecule is CNS(=O)(=O)c1cccc(OC[C@@H](O)CNC2COC3(CCN(S(=O)(=O)c4ccccn4)CC3)C2)c1. The number of ether oxygens (including phenoxy) is 2. The molecule has 11 nitrogen and oxygen atoms in total. The molecule has 1 spiro atoms. The molecule has 2 atom stereocenters. The van der Waals surface area contributed by atoms with Gasteiger partial charge in [0.25, 0.3) is 10.0 Å². The Morgan fingerprint density at radius 3 is 2.67 bits per heavy atom. The highest BCUT2D eigenvalue weighted by atomic mass is 32.2. The average molecular weight is 541 g/mol. The number of sulfonamides is 2. The molecular formula is C23H32N4O7S2. The first-order chi connectivity index (χ1) is 17.1. The molecule has 0 radical (unpaired) electrons. The summed E-state index contributed by atoms with van der Waals surface area (Å²) in [5.74, 6) is 0.348. The summed E-state index contributed by atoms with van der Waals surface area (Å²) in [6.45, 7) is 1.48. The van der Waals surface area contributed by atoms with Crippen molar-refractivity contribution in [2.45, 2.75) is 46.9 Å². The van der Waals surface area contributed by atoms with Crippen molar-refractivity contribution < 1.29 is 31.4 Å². The van der Waals surface area contributed by atoms with Crippen molar-refractivity contribution in [3.05, 3.63) is 48.7 Å². The fourth-order valence-corrected chi connectivity index (χ4v) is 6.63. The third-order valence-electron chi connectivity index (χ3n) is 6.55. The monoisotopic (exact) mass is 540 g/mol. The van der Waals surface area contributed by atoms with Crippen LogP contribution in [0.15, 0.2) is 58.6 Å². The number of aliphatic hydroxyl groups excluding tert-OH is 1. The zero-order chi connectivity index (χ0) is 25.8. The molecule has 2 fully saturated rings. The maximum atomic E-state index is 12.8. The minimum atomic E-state index is -3.62. The number of pyridine rings is 1. The van der Waals surface area contributed by atoms with Crippen LogP contribution in [0.25, 0.3) is 0 Å². The number of nitrogens with zero attached hydrogens (tertiary/aromatic N) is 2. The zero-order valence-corrected chi connectivity index (χ0v) is 21.7. The van der Waals surface area contributed by atoms with Crippen LogP contribution < -0.4 is 14.8 Å². The Hall–Kier alpha value is -2.13. The molecule has 0 bridgehead atoms. The molecule has 3 heterocycles. The van der Waals surface area contributed by atoms with Gasteiger partial charge in [-0.25, -0.2) is 26.5 Å². The van der Waals surface area contributed by atoms with E-state index in [2.05, 4.69) is 15.0 Å². The standard InChI is InChI=1S/C23H32N4O7S2/c1-24-35(29,30)21-6-4-5-20(13-21)33-17-19(28)15-26-18-14-23(34-16-18)8-11-27(12-9-23)36(31,32)22-7-2-3-10-25-22/h2-7,10,13,18-19,24,26,28H,8-9,11-12,14-17H2,1H3/t18?,19-/m0/s1. The van der Waals surface area contributed by atoms with Gasteiger partial charge in [-0.2, -0.15) is 4.31 Å². The number of hydrogen-bond acceptors (Lipinski definition) is 9. The topological polar surface area (TPSA) is 147 Å². The van der Waals surface area contributed by atoms with Crippen LogP contribution in [0.5, 0.6) is 5.75 Å². The summed E-state index contributed by atoms with van der Waals surface area (Å²) in [7, 11) is -5.86. The Bertz CT molecular complexity index is 1230. The second kappa shape index (κ2) is 11.1. The predicted octanol–water partition coefficient (Wildman–Crippen LogP) is 0.331. The normalized spacial score (nSPS) is 21.4. The summed E-state index contributed by atoms with van der Waals surface area (Å²) in [6, 6.07) is 10.9. The van der Waals surface area contributed by atoms with E-state index in [0.717, 1.165) is 6.42 Å². The largest absolute Gasteiger partial charge is 0.491 e. The van der Waals surface area contributed by atoms with Crippen LogP contribution in [0, 0.1) is 0 Å². The van der Waals surface area contributed by atoms with Crippen LogP contribution in [0.2, 0.25) is 0 Å². The van der Waals surface area contributed by atoms with E-state index in [0.29, 0.717) is 38.3 Å². The first-order valence-corrected chi connectivity index (χ1v) is 14.7. The van der Waals surface area contributed by atoms with Crippen LogP contribution in [-0.4, -0.2) is 88.9 Å². The number of aliphatic hydroxyl groups is 1. The van der Waals surface area contributed by atoms with E-state index < -0.39 is 26.2 Å². The van der Waals surface area contributed by atoms with Gasteiger partial charge in [0.15, 0.2) is 5.03 Å². The Morgan fingerprint density at radius 1 is 1.19 bits per heavy atom. The Morgan fingerprint density at radius 2 is 1.97 bits per heavy atom. The van der Waals surface area contributed by atoms with Crippen LogP contribution >= 0.6 is 0 Å². The van der Waals surface area contributed by atoms with Gasteiger partial charge in [0, 0.05) is 37.9 Å². The number of piperidine rings is 1. The minimum Gasteiger partial charge on any atom is -0.491 e. The Labute approximate surface area is 211 Å². The van der Waals surface area contributed by atoms with E-state index in [-0.39, 0.29) is 34.7 Å². The lowest BCUT2D eigenvalue weighted by Crippen LogP contribution is -2.47. The van der Waals surface area contributed by atoms with Gasteiger partial charge >= 0.3 is 0 Å². The van der Waals surface area contributed by atoms with Crippen molar-refractivity contribution in [2.75, 3.05) is 39.9 Å². The molecule has 2 aliphatic heterocycles. The molecule has 13 heteroatoms. The van der Waals surface area contributed by atoms with E-state index >= 15 is 0 Å². The molecule has 1 unspecified atom stereocenters. The fourth-order valence-electron chi connectivity index (χ4n) is 4.49. The molecule has 4 rings (SSSR count). The van der Waals surface area contributed by atoms with Crippen molar-refractivity contribution in [1.29, 1.82) is 0 Å². The van der Waals surface area contributed by atoms with Crippen molar-refractivity contribution in [1.82, 2.24) is 19.3 Å². The van der Waals surface area contributed by atoms with Gasteiger partial charge in [-0.3, -0.25) is 0 Å². The smallest absolute Gasteiger partial charge is 0.260 e. The minimum absolute atomic E-state index is 0.00485. The van der Waals surface area contributed by atoms with Gasteiger partial charge in [0.05, 0.1) is 17.1 Å². The van der Waals surface area contributed by atoms with Crippen molar-refractivity contribution in [3.8, 4) is 5.75 Å². The van der Waals surface area contributed by atoms with Gasteiger partial charge < -0.3 is 19.9 Å². The van der Waals surface area contributed by atoms with E-state index in [1.165, 1.54) is 35.7 Å². The van der Waals surface area contributed by atoms with Gasteiger partial charge in [-0.15, -0.1) is 0 Å². The van der Waals surface area contributed by atoms with Gasteiger partial charge in [-0.05, 0) is 50.6 Å². The predicted molar refractivity (Wildman–Crippen MR) is 132 cm³/mol. The maximum Gasteiger partial charge on any atom is 0.260 e. The molecular weight excluding hydrogens is 508 g/mol. The van der Waals surface area contributed by atoms with E-state index in [9.17, 15) is 21.9 Å². The number of rotatable bonds is 10. The lowest BCUT2D eigenvalue weighted by Gasteiger charge is -2.37. The number of aromatic nitrogens is 1. The van der Waals surface area contributed by atoms with Crippen molar-refractivity contribution in [3.63, 3.8) is 0 Å². The zero-order valence-electron chi connectivity index (χ0n) is 20.0. The van der Waals surface area contributed by atoms with Gasteiger partial charge in [0.2, 0.25) is 10.0 Å². The lowest BCUT2D eigenvalue weighted by atomic mass is 9.88. The molecule has 1 aromatic carbocycles. The summed E-state index contributed by atoms with van der Waals surface area (Å²) >= 11 is 0. The third-order valence-corrected chi connectivity index (χ3v) is 9.78. The Kier molecular flexibility index (Phi) is 8.29. The Balaban J connectivity index is 1.22. The first kappa shape index (κ1) is 26.9. The van der Waals surface area contributed by atoms with Crippen LogP contribution in [0.3, 0.4) is 0 Å². The van der Waals surface area contributed by atoms with Gasteiger partial charge in [0.1, 0.15) is 18.5 Å². The molecule has 3 N–H and O–H groups in total. The molecule has 198 valence electrons. The molecule has 0 amide bonds. The lowest BCUT2D eigenvalue weighted by molar-refractivity contribution is -0.0312.